The molecule has 2 unspecified atom stereocenters. The van der Waals surface area contributed by atoms with Crippen LogP contribution < -0.4 is 0 Å². The number of esters is 2. The molecule has 0 bridgehead atoms. The molecule has 6 heteroatoms. The fraction of sp³-hybridized carbons (Fsp3) is 0.706. The van der Waals surface area contributed by atoms with E-state index in [0.717, 1.165) is 0 Å². The van der Waals surface area contributed by atoms with Gasteiger partial charge in [-0.1, -0.05) is 19.6 Å². The Morgan fingerprint density at radius 3 is 2.17 bits per heavy atom. The molecule has 0 spiro atoms. The van der Waals surface area contributed by atoms with Crippen LogP contribution in [0.25, 0.3) is 0 Å². The Bertz CT molecular complexity index is 454. The van der Waals surface area contributed by atoms with E-state index in [4.69, 9.17) is 9.47 Å². The van der Waals surface area contributed by atoms with Crippen molar-refractivity contribution in [2.45, 2.75) is 47.0 Å². The highest BCUT2D eigenvalue weighted by atomic mass is 16.5. The topological polar surface area (TPSA) is 89.9 Å². The monoisotopic (exact) mass is 328 g/mol. The molecule has 2 atom stereocenters. The molecule has 0 saturated heterocycles. The third kappa shape index (κ3) is 6.04. The van der Waals surface area contributed by atoms with Crippen molar-refractivity contribution >= 4 is 17.9 Å². The number of carboxylic acids is 1. The molecule has 0 aliphatic rings. The summed E-state index contributed by atoms with van der Waals surface area (Å²) in [6.07, 6.45) is 2.09. The van der Waals surface area contributed by atoms with E-state index in [1.54, 1.807) is 27.7 Å². The first-order valence-corrected chi connectivity index (χ1v) is 7.63. The van der Waals surface area contributed by atoms with E-state index in [-0.39, 0.29) is 19.4 Å². The lowest BCUT2D eigenvalue weighted by atomic mass is 9.69. The summed E-state index contributed by atoms with van der Waals surface area (Å²) in [5.74, 6) is -2.63. The molecule has 132 valence electrons. The summed E-state index contributed by atoms with van der Waals surface area (Å²) >= 11 is 0. The van der Waals surface area contributed by atoms with E-state index < -0.39 is 34.7 Å². The van der Waals surface area contributed by atoms with E-state index in [9.17, 15) is 19.5 Å². The smallest absolute Gasteiger partial charge is 0.311 e. The first kappa shape index (κ1) is 21.1. The third-order valence-electron chi connectivity index (χ3n) is 3.93. The van der Waals surface area contributed by atoms with Crippen molar-refractivity contribution in [3.8, 4) is 0 Å². The lowest BCUT2D eigenvalue weighted by Crippen LogP contribution is -2.40. The Kier molecular flexibility index (Phi) is 8.00. The summed E-state index contributed by atoms with van der Waals surface area (Å²) in [5.41, 5.74) is -2.05. The molecule has 0 heterocycles. The van der Waals surface area contributed by atoms with Gasteiger partial charge < -0.3 is 14.6 Å². The number of rotatable bonds is 10. The van der Waals surface area contributed by atoms with Gasteiger partial charge in [-0.15, -0.1) is 0 Å². The lowest BCUT2D eigenvalue weighted by molar-refractivity contribution is -0.162. The van der Waals surface area contributed by atoms with Crippen molar-refractivity contribution < 1.29 is 29.0 Å². The molecule has 0 saturated carbocycles. The van der Waals surface area contributed by atoms with Crippen LogP contribution in [0.15, 0.2) is 12.7 Å². The zero-order valence-corrected chi connectivity index (χ0v) is 14.7. The van der Waals surface area contributed by atoms with E-state index in [2.05, 4.69) is 6.58 Å². The SMILES string of the molecule is C=CCOC(=O)C(C)(C)CC(C)(CC(CC)C(=O)O)C(=O)OC. The summed E-state index contributed by atoms with van der Waals surface area (Å²) in [6.45, 7) is 10.3. The Morgan fingerprint density at radius 1 is 1.22 bits per heavy atom. The molecule has 0 aromatic heterocycles. The zero-order chi connectivity index (χ0) is 18.3. The maximum absolute atomic E-state index is 12.2. The summed E-state index contributed by atoms with van der Waals surface area (Å²) in [6, 6.07) is 0. The van der Waals surface area contributed by atoms with Crippen LogP contribution >= 0.6 is 0 Å². The van der Waals surface area contributed by atoms with E-state index >= 15 is 0 Å². The molecule has 0 aromatic rings. The Hall–Kier alpha value is -1.85. The number of aliphatic carboxylic acids is 1. The number of methoxy groups -OCH3 is 1. The fourth-order valence-electron chi connectivity index (χ4n) is 2.80. The van der Waals surface area contributed by atoms with Gasteiger partial charge in [0.2, 0.25) is 0 Å². The molecule has 0 fully saturated rings. The van der Waals surface area contributed by atoms with Crippen molar-refractivity contribution in [3.63, 3.8) is 0 Å². The van der Waals surface area contributed by atoms with E-state index in [1.165, 1.54) is 13.2 Å². The van der Waals surface area contributed by atoms with Crippen molar-refractivity contribution in [2.24, 2.45) is 16.7 Å². The summed E-state index contributed by atoms with van der Waals surface area (Å²) in [4.78, 5) is 35.7. The molecule has 0 radical (unpaired) electrons. The van der Waals surface area contributed by atoms with Crippen molar-refractivity contribution in [2.75, 3.05) is 13.7 Å². The molecule has 0 amide bonds. The standard InChI is InChI=1S/C17H28O6/c1-7-9-23-14(20)16(3,4)11-17(5,15(21)22-6)10-12(8-2)13(18)19/h7,12H,1,8-11H2,2-6H3,(H,18,19). The normalized spacial score (nSPS) is 15.2. The number of hydrogen-bond donors (Lipinski definition) is 1. The highest BCUT2D eigenvalue weighted by Gasteiger charge is 2.45. The Morgan fingerprint density at radius 2 is 1.78 bits per heavy atom. The van der Waals surface area contributed by atoms with Crippen LogP contribution in [-0.4, -0.2) is 36.7 Å². The largest absolute Gasteiger partial charge is 0.481 e. The zero-order valence-electron chi connectivity index (χ0n) is 14.7. The first-order chi connectivity index (χ1) is 10.5. The highest BCUT2D eigenvalue weighted by molar-refractivity contribution is 5.81. The average molecular weight is 328 g/mol. The van der Waals surface area contributed by atoms with Gasteiger partial charge in [-0.3, -0.25) is 14.4 Å². The number of ether oxygens (including phenoxy) is 2. The van der Waals surface area contributed by atoms with Gasteiger partial charge in [0.15, 0.2) is 0 Å². The molecule has 23 heavy (non-hydrogen) atoms. The highest BCUT2D eigenvalue weighted by Crippen LogP contribution is 2.41. The molecule has 0 aliphatic heterocycles. The van der Waals surface area contributed by atoms with E-state index in [0.29, 0.717) is 6.42 Å². The molecule has 0 rings (SSSR count). The van der Waals surface area contributed by atoms with Crippen LogP contribution in [0.2, 0.25) is 0 Å². The first-order valence-electron chi connectivity index (χ1n) is 7.63. The van der Waals surface area contributed by atoms with Crippen LogP contribution in [0, 0.1) is 16.7 Å². The fourth-order valence-corrected chi connectivity index (χ4v) is 2.80. The van der Waals surface area contributed by atoms with E-state index in [1.807, 2.05) is 0 Å². The summed E-state index contributed by atoms with van der Waals surface area (Å²) in [5, 5.41) is 9.26. The summed E-state index contributed by atoms with van der Waals surface area (Å²) in [7, 11) is 1.26. The number of carbonyl (C=O) groups excluding carboxylic acids is 2. The van der Waals surface area contributed by atoms with Gasteiger partial charge in [0.25, 0.3) is 0 Å². The van der Waals surface area contributed by atoms with Crippen molar-refractivity contribution in [1.82, 2.24) is 0 Å². The Balaban J connectivity index is 5.39. The predicted octanol–water partition coefficient (Wildman–Crippen LogP) is 2.81. The predicted molar refractivity (Wildman–Crippen MR) is 85.7 cm³/mol. The van der Waals surface area contributed by atoms with Crippen molar-refractivity contribution in [3.05, 3.63) is 12.7 Å². The molecule has 6 nitrogen and oxygen atoms in total. The second kappa shape index (κ2) is 8.70. The maximum Gasteiger partial charge on any atom is 0.311 e. The van der Waals surface area contributed by atoms with Gasteiger partial charge in [0, 0.05) is 0 Å². The van der Waals surface area contributed by atoms with Crippen LogP contribution in [0.5, 0.6) is 0 Å². The van der Waals surface area contributed by atoms with Crippen LogP contribution in [-0.2, 0) is 23.9 Å². The van der Waals surface area contributed by atoms with Crippen molar-refractivity contribution in [1.29, 1.82) is 0 Å². The minimum Gasteiger partial charge on any atom is -0.481 e. The third-order valence-corrected chi connectivity index (χ3v) is 3.93. The maximum atomic E-state index is 12.2. The quantitative estimate of drug-likeness (QED) is 0.490. The number of carbonyl (C=O) groups is 3. The number of carboxylic acid groups (broad SMARTS) is 1. The van der Waals surface area contributed by atoms with Crippen LogP contribution in [0.4, 0.5) is 0 Å². The van der Waals surface area contributed by atoms with Gasteiger partial charge in [-0.2, -0.15) is 0 Å². The van der Waals surface area contributed by atoms with Gasteiger partial charge in [-0.05, 0) is 40.0 Å². The molecular weight excluding hydrogens is 300 g/mol. The molecule has 0 aliphatic carbocycles. The van der Waals surface area contributed by atoms with Crippen LogP contribution in [0.1, 0.15) is 47.0 Å². The minimum absolute atomic E-state index is 0.0872. The number of hydrogen-bond acceptors (Lipinski definition) is 5. The van der Waals surface area contributed by atoms with Gasteiger partial charge in [-0.25, -0.2) is 0 Å². The van der Waals surface area contributed by atoms with Gasteiger partial charge in [0.05, 0.1) is 23.9 Å². The van der Waals surface area contributed by atoms with Crippen LogP contribution in [0.3, 0.4) is 0 Å². The lowest BCUT2D eigenvalue weighted by Gasteiger charge is -2.35. The minimum atomic E-state index is -1.09. The second-order valence-electron chi connectivity index (χ2n) is 6.65. The summed E-state index contributed by atoms with van der Waals surface area (Å²) < 4.78 is 9.92. The Labute approximate surface area is 137 Å². The second-order valence-corrected chi connectivity index (χ2v) is 6.65. The van der Waals surface area contributed by atoms with Gasteiger partial charge in [0.1, 0.15) is 6.61 Å². The average Bonchev–Trinajstić information content (AvgIpc) is 2.48. The molecule has 1 N–H and O–H groups in total. The molecular formula is C17H28O6. The van der Waals surface area contributed by atoms with Gasteiger partial charge >= 0.3 is 17.9 Å². The molecule has 0 aromatic carbocycles.